The van der Waals surface area contributed by atoms with Crippen LogP contribution in [0.4, 0.5) is 0 Å². The molecule has 0 radical (unpaired) electrons. The van der Waals surface area contributed by atoms with Crippen molar-refractivity contribution in [3.05, 3.63) is 41.4 Å². The summed E-state index contributed by atoms with van der Waals surface area (Å²) in [6, 6.07) is 3.02. The molecule has 0 aliphatic heterocycles. The summed E-state index contributed by atoms with van der Waals surface area (Å²) < 4.78 is 34.3. The number of nitrogens with one attached hydrogen (secondary N) is 1. The Labute approximate surface area is 135 Å². The predicted molar refractivity (Wildman–Crippen MR) is 84.8 cm³/mol. The molecule has 2 aromatic rings. The lowest BCUT2D eigenvalue weighted by molar-refractivity contribution is 0.402. The van der Waals surface area contributed by atoms with Crippen LogP contribution in [-0.2, 0) is 16.6 Å². The Morgan fingerprint density at radius 1 is 1.41 bits per heavy atom. The second-order valence-electron chi connectivity index (χ2n) is 4.80. The molecule has 0 saturated heterocycles. The first-order valence-corrected chi connectivity index (χ1v) is 8.59. The first-order valence-electron chi connectivity index (χ1n) is 6.73. The normalized spacial score (nSPS) is 11.6. The van der Waals surface area contributed by atoms with Gasteiger partial charge in [0.05, 0.1) is 13.4 Å². The molecule has 6 nitrogen and oxygen atoms in total. The van der Waals surface area contributed by atoms with Crippen molar-refractivity contribution in [2.24, 2.45) is 0 Å². The van der Waals surface area contributed by atoms with E-state index in [1.54, 1.807) is 25.5 Å². The van der Waals surface area contributed by atoms with Gasteiger partial charge in [-0.05, 0) is 31.0 Å². The predicted octanol–water partition coefficient (Wildman–Crippen LogP) is 2.22. The van der Waals surface area contributed by atoms with Gasteiger partial charge in [-0.3, -0.25) is 0 Å². The summed E-state index contributed by atoms with van der Waals surface area (Å²) in [6.45, 7) is 2.79. The Morgan fingerprint density at radius 3 is 2.82 bits per heavy atom. The van der Waals surface area contributed by atoms with Gasteiger partial charge in [0.25, 0.3) is 0 Å². The smallest absolute Gasteiger partial charge is 0.244 e. The van der Waals surface area contributed by atoms with Crippen molar-refractivity contribution in [1.29, 1.82) is 0 Å². The Hall–Kier alpha value is -1.57. The minimum absolute atomic E-state index is 0.0493. The van der Waals surface area contributed by atoms with Gasteiger partial charge in [0.1, 0.15) is 10.6 Å². The monoisotopic (exact) mass is 343 g/mol. The summed E-state index contributed by atoms with van der Waals surface area (Å²) in [5, 5.41) is 0.389. The van der Waals surface area contributed by atoms with Crippen LogP contribution in [0.15, 0.2) is 35.7 Å². The largest absolute Gasteiger partial charge is 0.495 e. The number of halogens is 1. The molecule has 0 spiro atoms. The summed E-state index contributed by atoms with van der Waals surface area (Å²) in [5.74, 6) is 0.281. The number of sulfonamides is 1. The van der Waals surface area contributed by atoms with Gasteiger partial charge in [0.2, 0.25) is 10.0 Å². The van der Waals surface area contributed by atoms with Gasteiger partial charge in [-0.15, -0.1) is 0 Å². The van der Waals surface area contributed by atoms with Crippen molar-refractivity contribution < 1.29 is 13.2 Å². The molecule has 1 aromatic carbocycles. The Balaban J connectivity index is 2.05. The van der Waals surface area contributed by atoms with Gasteiger partial charge < -0.3 is 9.30 Å². The van der Waals surface area contributed by atoms with Crippen LogP contribution in [0, 0.1) is 6.92 Å². The van der Waals surface area contributed by atoms with Gasteiger partial charge in [0.15, 0.2) is 0 Å². The maximum absolute atomic E-state index is 12.4. The van der Waals surface area contributed by atoms with Crippen LogP contribution >= 0.6 is 11.6 Å². The molecular formula is C14H18ClN3O3S. The molecule has 2 rings (SSSR count). The van der Waals surface area contributed by atoms with Crippen LogP contribution in [0.2, 0.25) is 5.02 Å². The summed E-state index contributed by atoms with van der Waals surface area (Å²) in [6.07, 6.45) is 5.86. The number of aromatic nitrogens is 2. The molecule has 0 unspecified atom stereocenters. The fourth-order valence-corrected chi connectivity index (χ4v) is 3.45. The van der Waals surface area contributed by atoms with E-state index < -0.39 is 10.0 Å². The molecule has 0 atom stereocenters. The molecule has 0 amide bonds. The molecule has 0 fully saturated rings. The number of rotatable bonds is 7. The van der Waals surface area contributed by atoms with E-state index in [2.05, 4.69) is 9.71 Å². The number of hydrogen-bond donors (Lipinski definition) is 1. The highest BCUT2D eigenvalue weighted by molar-refractivity contribution is 7.89. The van der Waals surface area contributed by atoms with E-state index in [1.165, 1.54) is 13.2 Å². The number of hydrogen-bond acceptors (Lipinski definition) is 4. The van der Waals surface area contributed by atoms with Crippen LogP contribution in [0.5, 0.6) is 5.75 Å². The van der Waals surface area contributed by atoms with E-state index in [9.17, 15) is 8.42 Å². The highest BCUT2D eigenvalue weighted by Gasteiger charge is 2.20. The number of aryl methyl sites for hydroxylation is 2. The molecule has 120 valence electrons. The molecule has 8 heteroatoms. The van der Waals surface area contributed by atoms with Crippen LogP contribution in [0.1, 0.15) is 12.0 Å². The Kier molecular flexibility index (Phi) is 5.44. The first-order chi connectivity index (χ1) is 10.4. The van der Waals surface area contributed by atoms with Crippen LogP contribution in [0.25, 0.3) is 0 Å². The SMILES string of the molecule is COc1cc(C)c(Cl)cc1S(=O)(=O)NCCCn1ccnc1. The van der Waals surface area contributed by atoms with Crippen molar-refractivity contribution in [3.8, 4) is 5.75 Å². The van der Waals surface area contributed by atoms with Crippen molar-refractivity contribution in [3.63, 3.8) is 0 Å². The zero-order valence-corrected chi connectivity index (χ0v) is 14.0. The van der Waals surface area contributed by atoms with Gasteiger partial charge in [-0.2, -0.15) is 0 Å². The highest BCUT2D eigenvalue weighted by Crippen LogP contribution is 2.29. The molecule has 0 bridgehead atoms. The number of benzene rings is 1. The molecule has 0 saturated carbocycles. The molecular weight excluding hydrogens is 326 g/mol. The third-order valence-corrected chi connectivity index (χ3v) is 5.07. The first kappa shape index (κ1) is 16.8. The lowest BCUT2D eigenvalue weighted by Crippen LogP contribution is -2.26. The fourth-order valence-electron chi connectivity index (χ4n) is 1.97. The quantitative estimate of drug-likeness (QED) is 0.782. The van der Waals surface area contributed by atoms with E-state index in [4.69, 9.17) is 16.3 Å². The number of ether oxygens (including phenoxy) is 1. The molecule has 1 N–H and O–H groups in total. The molecule has 0 aliphatic rings. The maximum atomic E-state index is 12.4. The second kappa shape index (κ2) is 7.13. The van der Waals surface area contributed by atoms with Gasteiger partial charge in [0, 0.05) is 30.5 Å². The van der Waals surface area contributed by atoms with Crippen LogP contribution in [0.3, 0.4) is 0 Å². The minimum Gasteiger partial charge on any atom is -0.495 e. The van der Waals surface area contributed by atoms with Crippen molar-refractivity contribution in [1.82, 2.24) is 14.3 Å². The summed E-state index contributed by atoms with van der Waals surface area (Å²) in [7, 11) is -2.24. The van der Waals surface area contributed by atoms with Crippen LogP contribution < -0.4 is 9.46 Å². The molecule has 1 aromatic heterocycles. The lowest BCUT2D eigenvalue weighted by Gasteiger charge is -2.12. The topological polar surface area (TPSA) is 73.2 Å². The Morgan fingerprint density at radius 2 is 2.18 bits per heavy atom. The standard InChI is InChI=1S/C14H18ClN3O3S/c1-11-8-13(21-2)14(9-12(11)15)22(19,20)17-4-3-6-18-7-5-16-10-18/h5,7-10,17H,3-4,6H2,1-2H3. The van der Waals surface area contributed by atoms with Crippen LogP contribution in [-0.4, -0.2) is 31.6 Å². The van der Waals surface area contributed by atoms with E-state index in [-0.39, 0.29) is 10.6 Å². The maximum Gasteiger partial charge on any atom is 0.244 e. The van der Waals surface area contributed by atoms with Crippen molar-refractivity contribution in [2.45, 2.75) is 24.8 Å². The zero-order chi connectivity index (χ0) is 16.2. The van der Waals surface area contributed by atoms with E-state index in [0.717, 1.165) is 5.56 Å². The number of nitrogens with zero attached hydrogens (tertiary/aromatic N) is 2. The molecule has 0 aliphatic carbocycles. The van der Waals surface area contributed by atoms with Gasteiger partial charge in [-0.25, -0.2) is 18.1 Å². The second-order valence-corrected chi connectivity index (χ2v) is 6.95. The summed E-state index contributed by atoms with van der Waals surface area (Å²) in [5.41, 5.74) is 0.762. The molecule has 1 heterocycles. The van der Waals surface area contributed by atoms with E-state index >= 15 is 0 Å². The zero-order valence-electron chi connectivity index (χ0n) is 12.4. The highest BCUT2D eigenvalue weighted by atomic mass is 35.5. The fraction of sp³-hybridized carbons (Fsp3) is 0.357. The van der Waals surface area contributed by atoms with E-state index in [1.807, 2.05) is 10.8 Å². The lowest BCUT2D eigenvalue weighted by atomic mass is 10.2. The Bertz CT molecular complexity index is 730. The van der Waals surface area contributed by atoms with Gasteiger partial charge >= 0.3 is 0 Å². The van der Waals surface area contributed by atoms with Crippen molar-refractivity contribution in [2.75, 3.05) is 13.7 Å². The number of methoxy groups -OCH3 is 1. The average molecular weight is 344 g/mol. The summed E-state index contributed by atoms with van der Waals surface area (Å²) in [4.78, 5) is 3.98. The third kappa shape index (κ3) is 4.00. The summed E-state index contributed by atoms with van der Waals surface area (Å²) >= 11 is 6.02. The van der Waals surface area contributed by atoms with Crippen molar-refractivity contribution >= 4 is 21.6 Å². The molecule has 22 heavy (non-hydrogen) atoms. The third-order valence-electron chi connectivity index (χ3n) is 3.18. The number of imidazole rings is 1. The van der Waals surface area contributed by atoms with Gasteiger partial charge in [-0.1, -0.05) is 11.6 Å². The van der Waals surface area contributed by atoms with E-state index in [0.29, 0.717) is 24.5 Å². The average Bonchev–Trinajstić information content (AvgIpc) is 2.99. The minimum atomic E-state index is -3.67.